The topological polar surface area (TPSA) is 61.3 Å². The summed E-state index contributed by atoms with van der Waals surface area (Å²) < 4.78 is 5.53. The summed E-state index contributed by atoms with van der Waals surface area (Å²) in [7, 11) is -1.10. The van der Waals surface area contributed by atoms with Crippen LogP contribution in [0.25, 0.3) is 0 Å². The Labute approximate surface area is 74.1 Å². The van der Waals surface area contributed by atoms with Crippen LogP contribution in [0, 0.1) is 0 Å². The Morgan fingerprint density at radius 3 is 2.33 bits per heavy atom. The summed E-state index contributed by atoms with van der Waals surface area (Å²) in [6, 6.07) is 9.59. The van der Waals surface area contributed by atoms with Gasteiger partial charge in [-0.05, 0) is 18.7 Å². The number of hydrogen-bond donors (Lipinski definition) is 2. The zero-order valence-electron chi connectivity index (χ0n) is 7.03. The molecule has 0 spiro atoms. The van der Waals surface area contributed by atoms with Crippen molar-refractivity contribution in [3.05, 3.63) is 30.3 Å². The van der Waals surface area contributed by atoms with Gasteiger partial charge in [0, 0.05) is 0 Å². The first kappa shape index (κ1) is 9.25. The Morgan fingerprint density at radius 2 is 1.83 bits per heavy atom. The number of para-hydroxylation sites is 1. The van der Waals surface area contributed by atoms with Gasteiger partial charge in [0.05, 0.1) is 5.79 Å². The first-order chi connectivity index (χ1) is 5.70. The van der Waals surface area contributed by atoms with Gasteiger partial charge in [0.2, 0.25) is 0 Å². The highest BCUT2D eigenvalue weighted by Gasteiger charge is 2.13. The van der Waals surface area contributed by atoms with E-state index in [9.17, 15) is 0 Å². The van der Waals surface area contributed by atoms with E-state index in [2.05, 4.69) is 0 Å². The molecule has 1 radical (unpaired) electrons. The summed E-state index contributed by atoms with van der Waals surface area (Å²) in [4.78, 5) is 0. The summed E-state index contributed by atoms with van der Waals surface area (Å²) in [6.07, 6.45) is 0. The minimum absolute atomic E-state index is 0.338. The summed E-state index contributed by atoms with van der Waals surface area (Å²) in [5.74, 6) is 0.505. The maximum atomic E-state index is 5.53. The van der Waals surface area contributed by atoms with Crippen LogP contribution in [0.4, 0.5) is 0 Å². The fourth-order valence-electron chi connectivity index (χ4n) is 0.742. The Bertz CT molecular complexity index is 228. The van der Waals surface area contributed by atoms with Crippen LogP contribution in [0.15, 0.2) is 30.3 Å². The normalized spacial score (nSPS) is 10.8. The monoisotopic (exact) mass is 181 g/mol. The second kappa shape index (κ2) is 4.25. The summed E-state index contributed by atoms with van der Waals surface area (Å²) in [6.45, 7) is 1.95. The molecule has 12 heavy (non-hydrogen) atoms. The average molecular weight is 181 g/mol. The van der Waals surface area contributed by atoms with Crippen molar-refractivity contribution in [3.63, 3.8) is 0 Å². The van der Waals surface area contributed by atoms with Crippen molar-refractivity contribution < 1.29 is 4.43 Å². The van der Waals surface area contributed by atoms with E-state index in [4.69, 9.17) is 15.9 Å². The van der Waals surface area contributed by atoms with Gasteiger partial charge < -0.3 is 15.9 Å². The molecule has 4 heteroatoms. The highest BCUT2D eigenvalue weighted by Crippen LogP contribution is 2.09. The molecule has 0 unspecified atom stereocenters. The molecule has 0 amide bonds. The van der Waals surface area contributed by atoms with E-state index in [1.165, 1.54) is 0 Å². The zero-order valence-corrected chi connectivity index (χ0v) is 8.03. The Balaban J connectivity index is 2.53. The predicted molar refractivity (Wildman–Crippen MR) is 50.9 cm³/mol. The fraction of sp³-hybridized carbons (Fsp3) is 0.250. The van der Waals surface area contributed by atoms with Crippen molar-refractivity contribution in [2.24, 2.45) is 11.5 Å². The van der Waals surface area contributed by atoms with Crippen LogP contribution in [-0.2, 0) is 0 Å². The third-order valence-electron chi connectivity index (χ3n) is 1.49. The lowest BCUT2D eigenvalue weighted by atomic mass is 10.3. The number of rotatable bonds is 3. The molecule has 1 rings (SSSR count). The number of benzene rings is 1. The van der Waals surface area contributed by atoms with E-state index >= 15 is 0 Å². The van der Waals surface area contributed by atoms with Crippen molar-refractivity contribution in [1.82, 2.24) is 0 Å². The lowest BCUT2D eigenvalue weighted by molar-refractivity contribution is 0.554. The third-order valence-corrected chi connectivity index (χ3v) is 2.99. The summed E-state index contributed by atoms with van der Waals surface area (Å²) >= 11 is 0. The molecule has 3 nitrogen and oxygen atoms in total. The smallest absolute Gasteiger partial charge is 0.309 e. The highest BCUT2D eigenvalue weighted by molar-refractivity contribution is 6.52. The highest BCUT2D eigenvalue weighted by atomic mass is 28.3. The lowest BCUT2D eigenvalue weighted by Gasteiger charge is -2.14. The van der Waals surface area contributed by atoms with Crippen molar-refractivity contribution in [2.75, 3.05) is 0 Å². The molecule has 0 heterocycles. The molecule has 0 aliphatic heterocycles. The summed E-state index contributed by atoms with van der Waals surface area (Å²) in [5, 5.41) is 0. The van der Waals surface area contributed by atoms with Crippen molar-refractivity contribution in [1.29, 1.82) is 0 Å². The minimum atomic E-state index is -1.10. The molecule has 0 bridgehead atoms. The molecular weight excluding hydrogens is 168 g/mol. The molecular formula is C8H13N2OSi. The van der Waals surface area contributed by atoms with Gasteiger partial charge in [0.15, 0.2) is 0 Å². The van der Waals surface area contributed by atoms with E-state index in [1.807, 2.05) is 36.9 Å². The first-order valence-corrected chi connectivity index (χ1v) is 5.76. The van der Waals surface area contributed by atoms with Gasteiger partial charge in [-0.2, -0.15) is 0 Å². The third kappa shape index (κ3) is 2.65. The molecule has 0 fully saturated rings. The second-order valence-electron chi connectivity index (χ2n) is 2.55. The van der Waals surface area contributed by atoms with Crippen LogP contribution in [0.3, 0.4) is 0 Å². The largest absolute Gasteiger partial charge is 0.539 e. The molecule has 0 saturated carbocycles. The second-order valence-corrected chi connectivity index (χ2v) is 4.64. The van der Waals surface area contributed by atoms with Crippen LogP contribution in [0.5, 0.6) is 5.75 Å². The molecule has 4 N–H and O–H groups in total. The SMILES string of the molecule is C[Si](Oc1ccccc1)C(N)N. The van der Waals surface area contributed by atoms with Gasteiger partial charge in [0.1, 0.15) is 5.75 Å². The zero-order chi connectivity index (χ0) is 8.97. The average Bonchev–Trinajstić information content (AvgIpc) is 2.06. The Hall–Kier alpha value is -0.843. The standard InChI is InChI=1S/C8H13N2OSi/c1-12(8(9)10)11-7-5-3-2-4-6-7/h2-6,8H,9-10H2,1H3. The van der Waals surface area contributed by atoms with Gasteiger partial charge in [-0.1, -0.05) is 18.2 Å². The number of nitrogens with two attached hydrogens (primary N) is 2. The molecule has 1 aromatic carbocycles. The fourth-order valence-corrected chi connectivity index (χ4v) is 1.39. The molecule has 0 aliphatic carbocycles. The maximum absolute atomic E-state index is 5.53. The van der Waals surface area contributed by atoms with E-state index < -0.39 is 9.04 Å². The van der Waals surface area contributed by atoms with Gasteiger partial charge in [-0.15, -0.1) is 0 Å². The van der Waals surface area contributed by atoms with Crippen LogP contribution in [0.1, 0.15) is 0 Å². The van der Waals surface area contributed by atoms with Crippen LogP contribution < -0.4 is 15.9 Å². The summed E-state index contributed by atoms with van der Waals surface area (Å²) in [5.41, 5.74) is 11.0. The van der Waals surface area contributed by atoms with Crippen molar-refractivity contribution in [3.8, 4) is 5.75 Å². The molecule has 0 aromatic heterocycles. The van der Waals surface area contributed by atoms with Gasteiger partial charge in [-0.25, -0.2) is 0 Å². The lowest BCUT2D eigenvalue weighted by Crippen LogP contribution is -2.47. The van der Waals surface area contributed by atoms with Gasteiger partial charge in [-0.3, -0.25) is 0 Å². The molecule has 0 atom stereocenters. The van der Waals surface area contributed by atoms with Crippen LogP contribution in [-0.4, -0.2) is 14.8 Å². The van der Waals surface area contributed by atoms with Crippen molar-refractivity contribution in [2.45, 2.75) is 12.3 Å². The van der Waals surface area contributed by atoms with Crippen molar-refractivity contribution >= 4 is 9.04 Å². The molecule has 0 saturated heterocycles. The Kier molecular flexibility index (Phi) is 3.27. The maximum Gasteiger partial charge on any atom is 0.309 e. The molecule has 1 aromatic rings. The van der Waals surface area contributed by atoms with E-state index in [0.29, 0.717) is 0 Å². The van der Waals surface area contributed by atoms with Gasteiger partial charge in [0.25, 0.3) is 0 Å². The number of hydrogen-bond acceptors (Lipinski definition) is 3. The molecule has 65 valence electrons. The van der Waals surface area contributed by atoms with E-state index in [1.54, 1.807) is 0 Å². The van der Waals surface area contributed by atoms with E-state index in [0.717, 1.165) is 5.75 Å². The minimum Gasteiger partial charge on any atom is -0.539 e. The first-order valence-electron chi connectivity index (χ1n) is 3.77. The Morgan fingerprint density at radius 1 is 1.25 bits per heavy atom. The quantitative estimate of drug-likeness (QED) is 0.526. The predicted octanol–water partition coefficient (Wildman–Crippen LogP) is 0.469. The van der Waals surface area contributed by atoms with Gasteiger partial charge >= 0.3 is 9.04 Å². The van der Waals surface area contributed by atoms with Crippen LogP contribution in [0.2, 0.25) is 6.55 Å². The molecule has 0 aliphatic rings. The van der Waals surface area contributed by atoms with E-state index in [-0.39, 0.29) is 5.79 Å². The van der Waals surface area contributed by atoms with Crippen LogP contribution >= 0.6 is 0 Å².